The molecule has 0 unspecified atom stereocenters. The average Bonchev–Trinajstić information content (AvgIpc) is 2.73. The van der Waals surface area contributed by atoms with Crippen LogP contribution in [0.4, 0.5) is 14.9 Å². The van der Waals surface area contributed by atoms with Gasteiger partial charge in [0.25, 0.3) is 0 Å². The van der Waals surface area contributed by atoms with Gasteiger partial charge in [-0.2, -0.15) is 0 Å². The molecule has 150 valence electrons. The predicted molar refractivity (Wildman–Crippen MR) is 106 cm³/mol. The summed E-state index contributed by atoms with van der Waals surface area (Å²) in [5.41, 5.74) is 1.57. The molecule has 1 saturated heterocycles. The van der Waals surface area contributed by atoms with Crippen LogP contribution in [-0.2, 0) is 11.3 Å². The van der Waals surface area contributed by atoms with Gasteiger partial charge in [-0.15, -0.1) is 0 Å². The summed E-state index contributed by atoms with van der Waals surface area (Å²) in [5, 5.41) is 2.86. The molecule has 7 heteroatoms. The van der Waals surface area contributed by atoms with E-state index in [-0.39, 0.29) is 11.8 Å². The SMILES string of the molecule is CN(C(=O)NCc1cccc(OCCN2CCOCC2)c1)c1ccc(F)cc1. The summed E-state index contributed by atoms with van der Waals surface area (Å²) in [6.07, 6.45) is 0. The summed E-state index contributed by atoms with van der Waals surface area (Å²) in [5.74, 6) is 0.454. The molecule has 0 radical (unpaired) electrons. The molecule has 0 atom stereocenters. The van der Waals surface area contributed by atoms with Gasteiger partial charge < -0.3 is 14.8 Å². The number of hydrogen-bond acceptors (Lipinski definition) is 4. The van der Waals surface area contributed by atoms with Gasteiger partial charge in [-0.1, -0.05) is 12.1 Å². The molecule has 2 aromatic rings. The molecule has 28 heavy (non-hydrogen) atoms. The minimum Gasteiger partial charge on any atom is -0.492 e. The average molecular weight is 387 g/mol. The van der Waals surface area contributed by atoms with Gasteiger partial charge in [0.1, 0.15) is 18.2 Å². The third-order valence-electron chi connectivity index (χ3n) is 4.64. The maximum Gasteiger partial charge on any atom is 0.321 e. The van der Waals surface area contributed by atoms with Gasteiger partial charge >= 0.3 is 6.03 Å². The number of morpholine rings is 1. The van der Waals surface area contributed by atoms with E-state index in [2.05, 4.69) is 10.2 Å². The smallest absolute Gasteiger partial charge is 0.321 e. The first-order valence-electron chi connectivity index (χ1n) is 9.41. The quantitative estimate of drug-likeness (QED) is 0.794. The predicted octanol–water partition coefficient (Wildman–Crippen LogP) is 2.88. The zero-order valence-corrected chi connectivity index (χ0v) is 16.1. The zero-order chi connectivity index (χ0) is 19.8. The highest BCUT2D eigenvalue weighted by molar-refractivity contribution is 5.91. The van der Waals surface area contributed by atoms with E-state index < -0.39 is 0 Å². The summed E-state index contributed by atoms with van der Waals surface area (Å²) in [4.78, 5) is 16.1. The van der Waals surface area contributed by atoms with E-state index in [1.165, 1.54) is 17.0 Å². The van der Waals surface area contributed by atoms with Crippen LogP contribution >= 0.6 is 0 Å². The number of amides is 2. The van der Waals surface area contributed by atoms with E-state index in [4.69, 9.17) is 9.47 Å². The Morgan fingerprint density at radius 2 is 1.96 bits per heavy atom. The molecule has 0 aliphatic carbocycles. The monoisotopic (exact) mass is 387 g/mol. The number of halogens is 1. The molecule has 0 spiro atoms. The highest BCUT2D eigenvalue weighted by atomic mass is 19.1. The van der Waals surface area contributed by atoms with Gasteiger partial charge in [0.05, 0.1) is 13.2 Å². The maximum absolute atomic E-state index is 13.0. The molecular weight excluding hydrogens is 361 g/mol. The number of carbonyl (C=O) groups excluding carboxylic acids is 1. The summed E-state index contributed by atoms with van der Waals surface area (Å²) in [6, 6.07) is 13.2. The number of urea groups is 1. The van der Waals surface area contributed by atoms with Crippen LogP contribution in [0.3, 0.4) is 0 Å². The third kappa shape index (κ3) is 5.94. The lowest BCUT2D eigenvalue weighted by atomic mass is 10.2. The first kappa shape index (κ1) is 20.1. The number of carbonyl (C=O) groups is 1. The van der Waals surface area contributed by atoms with Crippen LogP contribution in [0.1, 0.15) is 5.56 Å². The number of ether oxygens (including phenoxy) is 2. The van der Waals surface area contributed by atoms with Crippen molar-refractivity contribution in [3.8, 4) is 5.75 Å². The van der Waals surface area contributed by atoms with Crippen molar-refractivity contribution in [1.82, 2.24) is 10.2 Å². The van der Waals surface area contributed by atoms with Crippen LogP contribution in [0.5, 0.6) is 5.75 Å². The van der Waals surface area contributed by atoms with Crippen molar-refractivity contribution < 1.29 is 18.7 Å². The Hall–Kier alpha value is -2.64. The van der Waals surface area contributed by atoms with E-state index in [0.29, 0.717) is 18.8 Å². The number of hydrogen-bond donors (Lipinski definition) is 1. The van der Waals surface area contributed by atoms with Crippen LogP contribution in [0, 0.1) is 5.82 Å². The molecule has 3 rings (SSSR count). The van der Waals surface area contributed by atoms with E-state index in [0.717, 1.165) is 44.2 Å². The fraction of sp³-hybridized carbons (Fsp3) is 0.381. The van der Waals surface area contributed by atoms with E-state index in [1.54, 1.807) is 19.2 Å². The molecule has 1 fully saturated rings. The van der Waals surface area contributed by atoms with Gasteiger partial charge in [-0.3, -0.25) is 9.80 Å². The Morgan fingerprint density at radius 3 is 2.71 bits per heavy atom. The summed E-state index contributed by atoms with van der Waals surface area (Å²) >= 11 is 0. The van der Waals surface area contributed by atoms with Crippen molar-refractivity contribution in [2.45, 2.75) is 6.54 Å². The third-order valence-corrected chi connectivity index (χ3v) is 4.64. The van der Waals surface area contributed by atoms with Crippen LogP contribution in [0.15, 0.2) is 48.5 Å². The molecule has 0 aromatic heterocycles. The van der Waals surface area contributed by atoms with Gasteiger partial charge in [0, 0.05) is 38.9 Å². The first-order valence-corrected chi connectivity index (χ1v) is 9.41. The van der Waals surface area contributed by atoms with E-state index in [9.17, 15) is 9.18 Å². The molecule has 6 nitrogen and oxygen atoms in total. The highest BCUT2D eigenvalue weighted by Gasteiger charge is 2.11. The van der Waals surface area contributed by atoms with E-state index >= 15 is 0 Å². The minimum atomic E-state index is -0.331. The van der Waals surface area contributed by atoms with E-state index in [1.807, 2.05) is 24.3 Å². The fourth-order valence-electron chi connectivity index (χ4n) is 2.94. The molecule has 2 aromatic carbocycles. The number of nitrogens with zero attached hydrogens (tertiary/aromatic N) is 2. The second-order valence-corrected chi connectivity index (χ2v) is 6.64. The van der Waals surface area contributed by atoms with Crippen LogP contribution in [0.25, 0.3) is 0 Å². The molecule has 1 aliphatic rings. The van der Waals surface area contributed by atoms with Crippen molar-refractivity contribution in [2.75, 3.05) is 51.4 Å². The largest absolute Gasteiger partial charge is 0.492 e. The van der Waals surface area contributed by atoms with Crippen molar-refractivity contribution in [2.24, 2.45) is 0 Å². The minimum absolute atomic E-state index is 0.259. The number of nitrogens with one attached hydrogen (secondary N) is 1. The number of benzene rings is 2. The Morgan fingerprint density at radius 1 is 1.21 bits per heavy atom. The molecule has 1 heterocycles. The summed E-state index contributed by atoms with van der Waals surface area (Å²) in [6.45, 7) is 5.30. The van der Waals surface area contributed by atoms with Gasteiger partial charge in [-0.25, -0.2) is 9.18 Å². The molecule has 2 amide bonds. The molecule has 1 N–H and O–H groups in total. The Labute approximate surface area is 164 Å². The molecule has 0 saturated carbocycles. The Bertz CT molecular complexity index is 764. The summed E-state index contributed by atoms with van der Waals surface area (Å²) < 4.78 is 24.2. The maximum atomic E-state index is 13.0. The fourth-order valence-corrected chi connectivity index (χ4v) is 2.94. The van der Waals surface area contributed by atoms with Crippen LogP contribution in [0.2, 0.25) is 0 Å². The van der Waals surface area contributed by atoms with Crippen molar-refractivity contribution in [3.63, 3.8) is 0 Å². The second kappa shape index (κ2) is 10.1. The lowest BCUT2D eigenvalue weighted by Gasteiger charge is -2.26. The van der Waals surface area contributed by atoms with Crippen LogP contribution < -0.4 is 15.0 Å². The lowest BCUT2D eigenvalue weighted by Crippen LogP contribution is -2.38. The lowest BCUT2D eigenvalue weighted by molar-refractivity contribution is 0.0322. The van der Waals surface area contributed by atoms with Crippen LogP contribution in [-0.4, -0.2) is 57.4 Å². The number of anilines is 1. The highest BCUT2D eigenvalue weighted by Crippen LogP contribution is 2.15. The van der Waals surface area contributed by atoms with Crippen molar-refractivity contribution in [1.29, 1.82) is 0 Å². The first-order chi connectivity index (χ1) is 13.6. The van der Waals surface area contributed by atoms with Gasteiger partial charge in [0.2, 0.25) is 0 Å². The van der Waals surface area contributed by atoms with Gasteiger partial charge in [0.15, 0.2) is 0 Å². The standard InChI is InChI=1S/C21H26FN3O3/c1-24(19-7-5-18(22)6-8-19)21(26)23-16-17-3-2-4-20(15-17)28-14-11-25-9-12-27-13-10-25/h2-8,15H,9-14,16H2,1H3,(H,23,26). The molecular formula is C21H26FN3O3. The topological polar surface area (TPSA) is 54.0 Å². The van der Waals surface area contributed by atoms with Crippen molar-refractivity contribution in [3.05, 3.63) is 59.9 Å². The van der Waals surface area contributed by atoms with Crippen molar-refractivity contribution >= 4 is 11.7 Å². The second-order valence-electron chi connectivity index (χ2n) is 6.64. The Kier molecular flexibility index (Phi) is 7.22. The molecule has 0 bridgehead atoms. The summed E-state index contributed by atoms with van der Waals surface area (Å²) in [7, 11) is 1.65. The normalized spacial score (nSPS) is 14.5. The van der Waals surface area contributed by atoms with Gasteiger partial charge in [-0.05, 0) is 42.0 Å². The zero-order valence-electron chi connectivity index (χ0n) is 16.1. The Balaban J connectivity index is 1.45. The molecule has 1 aliphatic heterocycles. The number of rotatable bonds is 7.